The molecule has 0 heterocycles. The zero-order chi connectivity index (χ0) is 12.1. The Bertz CT molecular complexity index is 382. The van der Waals surface area contributed by atoms with E-state index in [9.17, 15) is 4.79 Å². The van der Waals surface area contributed by atoms with Crippen LogP contribution >= 0.6 is 27.5 Å². The van der Waals surface area contributed by atoms with Crippen molar-refractivity contribution < 1.29 is 4.79 Å². The van der Waals surface area contributed by atoms with Gasteiger partial charge in [0, 0.05) is 16.0 Å². The molecule has 1 atom stereocenters. The molecule has 1 aromatic carbocycles. The average Bonchev–Trinajstić information content (AvgIpc) is 2.22. The molecule has 0 spiro atoms. The summed E-state index contributed by atoms with van der Waals surface area (Å²) in [6, 6.07) is 5.12. The zero-order valence-electron chi connectivity index (χ0n) is 8.97. The van der Waals surface area contributed by atoms with Gasteiger partial charge >= 0.3 is 0 Å². The Morgan fingerprint density at radius 2 is 2.31 bits per heavy atom. The Balaban J connectivity index is 2.49. The molecular formula is C11H14BrClN2O. The number of benzene rings is 1. The Hall–Kier alpha value is -0.580. The summed E-state index contributed by atoms with van der Waals surface area (Å²) >= 11 is 9.31. The van der Waals surface area contributed by atoms with E-state index in [1.165, 1.54) is 0 Å². The van der Waals surface area contributed by atoms with Gasteiger partial charge in [0.05, 0.1) is 6.04 Å². The average molecular weight is 306 g/mol. The van der Waals surface area contributed by atoms with Gasteiger partial charge in [0.25, 0.3) is 0 Å². The SMILES string of the molecule is C[C@@H](N)C(=O)NCCc1cc(Cl)ccc1Br. The van der Waals surface area contributed by atoms with Crippen molar-refractivity contribution in [3.63, 3.8) is 0 Å². The molecule has 16 heavy (non-hydrogen) atoms. The van der Waals surface area contributed by atoms with Crippen LogP contribution in [0.25, 0.3) is 0 Å². The van der Waals surface area contributed by atoms with Gasteiger partial charge in [-0.3, -0.25) is 4.79 Å². The number of halogens is 2. The van der Waals surface area contributed by atoms with Crippen LogP contribution in [0, 0.1) is 0 Å². The van der Waals surface area contributed by atoms with Crippen LogP contribution in [-0.4, -0.2) is 18.5 Å². The number of rotatable bonds is 4. The Kier molecular flexibility index (Phi) is 5.25. The van der Waals surface area contributed by atoms with Crippen molar-refractivity contribution in [2.45, 2.75) is 19.4 Å². The highest BCUT2D eigenvalue weighted by molar-refractivity contribution is 9.10. The first-order valence-corrected chi connectivity index (χ1v) is 6.15. The predicted molar refractivity (Wildman–Crippen MR) is 69.5 cm³/mol. The van der Waals surface area contributed by atoms with Gasteiger partial charge in [-0.2, -0.15) is 0 Å². The second-order valence-corrected chi connectivity index (χ2v) is 4.86. The first kappa shape index (κ1) is 13.5. The van der Waals surface area contributed by atoms with E-state index in [2.05, 4.69) is 21.2 Å². The van der Waals surface area contributed by atoms with Crippen LogP contribution in [0.3, 0.4) is 0 Å². The van der Waals surface area contributed by atoms with E-state index in [1.54, 1.807) is 6.92 Å². The lowest BCUT2D eigenvalue weighted by Gasteiger charge is -2.09. The minimum absolute atomic E-state index is 0.141. The quantitative estimate of drug-likeness (QED) is 0.895. The van der Waals surface area contributed by atoms with Crippen LogP contribution in [0.2, 0.25) is 5.02 Å². The third kappa shape index (κ3) is 4.12. The van der Waals surface area contributed by atoms with Crippen LogP contribution in [0.1, 0.15) is 12.5 Å². The van der Waals surface area contributed by atoms with Crippen molar-refractivity contribution in [3.8, 4) is 0 Å². The molecule has 1 rings (SSSR count). The molecule has 0 saturated carbocycles. The molecule has 1 amide bonds. The Morgan fingerprint density at radius 1 is 1.62 bits per heavy atom. The summed E-state index contributed by atoms with van der Waals surface area (Å²) in [5.74, 6) is -0.141. The fourth-order valence-corrected chi connectivity index (χ4v) is 1.86. The van der Waals surface area contributed by atoms with Crippen LogP contribution in [0.15, 0.2) is 22.7 Å². The third-order valence-electron chi connectivity index (χ3n) is 2.11. The van der Waals surface area contributed by atoms with Crippen molar-refractivity contribution in [1.29, 1.82) is 0 Å². The zero-order valence-corrected chi connectivity index (χ0v) is 11.3. The highest BCUT2D eigenvalue weighted by Crippen LogP contribution is 2.21. The molecule has 0 aliphatic carbocycles. The van der Waals surface area contributed by atoms with Gasteiger partial charge in [-0.05, 0) is 37.1 Å². The van der Waals surface area contributed by atoms with Crippen molar-refractivity contribution in [2.75, 3.05) is 6.54 Å². The maximum absolute atomic E-state index is 11.2. The minimum Gasteiger partial charge on any atom is -0.354 e. The van der Waals surface area contributed by atoms with Gasteiger partial charge in [0.15, 0.2) is 0 Å². The predicted octanol–water partition coefficient (Wildman–Crippen LogP) is 2.11. The molecule has 0 bridgehead atoms. The molecule has 88 valence electrons. The molecule has 0 unspecified atom stereocenters. The molecule has 0 fully saturated rings. The molecule has 0 aliphatic rings. The van der Waals surface area contributed by atoms with E-state index in [0.29, 0.717) is 11.6 Å². The molecule has 0 saturated heterocycles. The summed E-state index contributed by atoms with van der Waals surface area (Å²) in [5, 5.41) is 3.44. The molecule has 0 aromatic heterocycles. The highest BCUT2D eigenvalue weighted by atomic mass is 79.9. The van der Waals surface area contributed by atoms with Gasteiger partial charge in [0.1, 0.15) is 0 Å². The lowest BCUT2D eigenvalue weighted by Crippen LogP contribution is -2.39. The third-order valence-corrected chi connectivity index (χ3v) is 3.12. The second kappa shape index (κ2) is 6.23. The normalized spacial score (nSPS) is 12.2. The van der Waals surface area contributed by atoms with E-state index >= 15 is 0 Å². The lowest BCUT2D eigenvalue weighted by molar-refractivity contribution is -0.121. The number of nitrogens with one attached hydrogen (secondary N) is 1. The van der Waals surface area contributed by atoms with Gasteiger partial charge in [-0.1, -0.05) is 27.5 Å². The summed E-state index contributed by atoms with van der Waals surface area (Å²) in [6.07, 6.45) is 0.722. The maximum atomic E-state index is 11.2. The summed E-state index contributed by atoms with van der Waals surface area (Å²) < 4.78 is 0.993. The molecule has 0 radical (unpaired) electrons. The number of carbonyl (C=O) groups is 1. The second-order valence-electron chi connectivity index (χ2n) is 3.57. The summed E-state index contributed by atoms with van der Waals surface area (Å²) in [5.41, 5.74) is 6.49. The van der Waals surface area contributed by atoms with Crippen molar-refractivity contribution in [2.24, 2.45) is 5.73 Å². The molecule has 3 N–H and O–H groups in total. The Labute approximate surface area is 108 Å². The number of hydrogen-bond donors (Lipinski definition) is 2. The Morgan fingerprint density at radius 3 is 2.94 bits per heavy atom. The molecular weight excluding hydrogens is 291 g/mol. The van der Waals surface area contributed by atoms with E-state index in [1.807, 2.05) is 18.2 Å². The van der Waals surface area contributed by atoms with Crippen molar-refractivity contribution >= 4 is 33.4 Å². The first-order valence-electron chi connectivity index (χ1n) is 4.98. The number of hydrogen-bond acceptors (Lipinski definition) is 2. The van der Waals surface area contributed by atoms with Crippen LogP contribution in [-0.2, 0) is 11.2 Å². The van der Waals surface area contributed by atoms with E-state index in [-0.39, 0.29) is 5.91 Å². The van der Waals surface area contributed by atoms with Crippen molar-refractivity contribution in [3.05, 3.63) is 33.3 Å². The number of amides is 1. The van der Waals surface area contributed by atoms with Gasteiger partial charge < -0.3 is 11.1 Å². The number of nitrogens with two attached hydrogens (primary N) is 1. The largest absolute Gasteiger partial charge is 0.354 e. The molecule has 3 nitrogen and oxygen atoms in total. The van der Waals surface area contributed by atoms with Crippen molar-refractivity contribution in [1.82, 2.24) is 5.32 Å². The first-order chi connectivity index (χ1) is 7.50. The molecule has 1 aromatic rings. The summed E-state index contributed by atoms with van der Waals surface area (Å²) in [4.78, 5) is 11.2. The van der Waals surface area contributed by atoms with Gasteiger partial charge in [0.2, 0.25) is 5.91 Å². The van der Waals surface area contributed by atoms with E-state index in [4.69, 9.17) is 17.3 Å². The smallest absolute Gasteiger partial charge is 0.236 e. The maximum Gasteiger partial charge on any atom is 0.236 e. The fourth-order valence-electron chi connectivity index (χ4n) is 1.22. The monoisotopic (exact) mass is 304 g/mol. The standard InChI is InChI=1S/C11H14BrClN2O/c1-7(14)11(16)15-5-4-8-6-9(13)2-3-10(8)12/h2-3,6-7H,4-5,14H2,1H3,(H,15,16)/t7-/m1/s1. The van der Waals surface area contributed by atoms with E-state index in [0.717, 1.165) is 16.5 Å². The number of carbonyl (C=O) groups excluding carboxylic acids is 1. The van der Waals surface area contributed by atoms with Crippen LogP contribution in [0.4, 0.5) is 0 Å². The lowest BCUT2D eigenvalue weighted by atomic mass is 10.1. The van der Waals surface area contributed by atoms with Gasteiger partial charge in [-0.15, -0.1) is 0 Å². The molecule has 0 aliphatic heterocycles. The molecule has 5 heteroatoms. The topological polar surface area (TPSA) is 55.1 Å². The van der Waals surface area contributed by atoms with Gasteiger partial charge in [-0.25, -0.2) is 0 Å². The summed E-state index contributed by atoms with van der Waals surface area (Å²) in [7, 11) is 0. The summed E-state index contributed by atoms with van der Waals surface area (Å²) in [6.45, 7) is 2.21. The van der Waals surface area contributed by atoms with Crippen LogP contribution in [0.5, 0.6) is 0 Å². The van der Waals surface area contributed by atoms with Crippen LogP contribution < -0.4 is 11.1 Å². The van der Waals surface area contributed by atoms with E-state index < -0.39 is 6.04 Å². The highest BCUT2D eigenvalue weighted by Gasteiger charge is 2.06. The fraction of sp³-hybridized carbons (Fsp3) is 0.364. The minimum atomic E-state index is -0.470.